The molecule has 0 atom stereocenters. The van der Waals surface area contributed by atoms with E-state index in [9.17, 15) is 4.79 Å². The van der Waals surface area contributed by atoms with Gasteiger partial charge in [0.25, 0.3) is 5.91 Å². The Hall–Kier alpha value is -2.27. The molecule has 5 nitrogen and oxygen atoms in total. The Labute approximate surface area is 130 Å². The van der Waals surface area contributed by atoms with Gasteiger partial charge in [-0.1, -0.05) is 0 Å². The Bertz CT molecular complexity index is 606. The van der Waals surface area contributed by atoms with E-state index >= 15 is 0 Å². The largest absolute Gasteiger partial charge is 0.459 e. The van der Waals surface area contributed by atoms with E-state index in [1.54, 1.807) is 19.2 Å². The Morgan fingerprint density at radius 1 is 1.24 bits per heavy atom. The van der Waals surface area contributed by atoms with Crippen LogP contribution in [0.5, 0.6) is 0 Å². The molecule has 0 unspecified atom stereocenters. The summed E-state index contributed by atoms with van der Waals surface area (Å²) in [6.07, 6.45) is 1.47. The lowest BCUT2D eigenvalue weighted by Gasteiger charge is -2.18. The maximum absolute atomic E-state index is 11.8. The van der Waals surface area contributed by atoms with Crippen molar-refractivity contribution >= 4 is 35.5 Å². The first-order chi connectivity index (χ1) is 9.61. The van der Waals surface area contributed by atoms with Gasteiger partial charge in [0.2, 0.25) is 0 Å². The normalized spacial score (nSPS) is 10.7. The molecular formula is C15H18ClN3O2. The number of hydrogen-bond donors (Lipinski definition) is 1. The highest BCUT2D eigenvalue weighted by molar-refractivity contribution is 6.02. The molecule has 1 N–H and O–H groups in total. The van der Waals surface area contributed by atoms with E-state index in [4.69, 9.17) is 4.42 Å². The number of carbonyl (C=O) groups excluding carboxylic acids is 1. The number of aliphatic imine (C=N–C) groups is 1. The number of furan rings is 1. The zero-order chi connectivity index (χ0) is 14.5. The first kappa shape index (κ1) is 16.8. The molecule has 2 rings (SSSR count). The van der Waals surface area contributed by atoms with E-state index in [1.807, 2.05) is 43.1 Å². The summed E-state index contributed by atoms with van der Waals surface area (Å²) < 4.78 is 5.04. The highest BCUT2D eigenvalue weighted by Crippen LogP contribution is 2.18. The lowest BCUT2D eigenvalue weighted by Crippen LogP contribution is -2.23. The number of amidine groups is 1. The minimum absolute atomic E-state index is 0. The third kappa shape index (κ3) is 4.10. The zero-order valence-corrected chi connectivity index (χ0v) is 13.0. The topological polar surface area (TPSA) is 57.8 Å². The summed E-state index contributed by atoms with van der Waals surface area (Å²) in [5.74, 6) is 0.944. The molecule has 21 heavy (non-hydrogen) atoms. The Balaban J connectivity index is 0.00000220. The number of rotatable bonds is 3. The van der Waals surface area contributed by atoms with Crippen molar-refractivity contribution in [3.63, 3.8) is 0 Å². The van der Waals surface area contributed by atoms with Gasteiger partial charge in [-0.2, -0.15) is 0 Å². The van der Waals surface area contributed by atoms with Crippen LogP contribution < -0.4 is 10.2 Å². The summed E-state index contributed by atoms with van der Waals surface area (Å²) in [6.45, 7) is 1.94. The van der Waals surface area contributed by atoms with Crippen LogP contribution in [0.25, 0.3) is 0 Å². The zero-order valence-electron chi connectivity index (χ0n) is 12.2. The van der Waals surface area contributed by atoms with Gasteiger partial charge in [0.1, 0.15) is 0 Å². The van der Waals surface area contributed by atoms with Gasteiger partial charge in [-0.05, 0) is 43.3 Å². The van der Waals surface area contributed by atoms with Crippen molar-refractivity contribution in [3.05, 3.63) is 48.4 Å². The average Bonchev–Trinajstić information content (AvgIpc) is 3.01. The minimum atomic E-state index is -0.262. The summed E-state index contributed by atoms with van der Waals surface area (Å²) in [6, 6.07) is 10.8. The number of carbonyl (C=O) groups is 1. The van der Waals surface area contributed by atoms with Crippen molar-refractivity contribution in [1.29, 1.82) is 0 Å². The van der Waals surface area contributed by atoms with Crippen LogP contribution in [0.1, 0.15) is 17.5 Å². The number of hydrogen-bond acceptors (Lipinski definition) is 3. The molecule has 0 saturated heterocycles. The van der Waals surface area contributed by atoms with Gasteiger partial charge in [0.15, 0.2) is 5.76 Å². The smallest absolute Gasteiger partial charge is 0.291 e. The van der Waals surface area contributed by atoms with Crippen LogP contribution in [0.15, 0.2) is 52.1 Å². The molecule has 0 bridgehead atoms. The monoisotopic (exact) mass is 307 g/mol. The summed E-state index contributed by atoms with van der Waals surface area (Å²) in [4.78, 5) is 17.9. The van der Waals surface area contributed by atoms with Gasteiger partial charge in [-0.3, -0.25) is 9.79 Å². The highest BCUT2D eigenvalue weighted by Gasteiger charge is 2.09. The Kier molecular flexibility index (Phi) is 5.99. The molecule has 1 heterocycles. The Morgan fingerprint density at radius 3 is 2.43 bits per heavy atom. The van der Waals surface area contributed by atoms with Crippen LogP contribution >= 0.6 is 12.4 Å². The van der Waals surface area contributed by atoms with Crippen molar-refractivity contribution in [2.24, 2.45) is 4.99 Å². The van der Waals surface area contributed by atoms with Gasteiger partial charge in [0, 0.05) is 25.5 Å². The van der Waals surface area contributed by atoms with E-state index in [1.165, 1.54) is 6.26 Å². The van der Waals surface area contributed by atoms with Gasteiger partial charge < -0.3 is 14.6 Å². The maximum atomic E-state index is 11.8. The second kappa shape index (κ2) is 7.50. The number of nitrogens with zero attached hydrogens (tertiary/aromatic N) is 2. The number of nitrogens with one attached hydrogen (secondary N) is 1. The van der Waals surface area contributed by atoms with E-state index in [0.29, 0.717) is 5.76 Å². The summed E-state index contributed by atoms with van der Waals surface area (Å²) in [7, 11) is 3.70. The average molecular weight is 308 g/mol. The lowest BCUT2D eigenvalue weighted by molar-refractivity contribution is 0.0996. The van der Waals surface area contributed by atoms with E-state index in [2.05, 4.69) is 10.3 Å². The molecule has 0 fully saturated rings. The molecule has 2 aromatic rings. The van der Waals surface area contributed by atoms with Crippen LogP contribution in [0.2, 0.25) is 0 Å². The van der Waals surface area contributed by atoms with Crippen molar-refractivity contribution in [1.82, 2.24) is 0 Å². The predicted octanol–water partition coefficient (Wildman–Crippen LogP) is 3.44. The number of amides is 1. The molecule has 0 spiro atoms. The van der Waals surface area contributed by atoms with Crippen LogP contribution in [0, 0.1) is 0 Å². The van der Waals surface area contributed by atoms with Crippen LogP contribution in [0.3, 0.4) is 0 Å². The first-order valence-corrected chi connectivity index (χ1v) is 6.24. The fraction of sp³-hybridized carbons (Fsp3) is 0.200. The molecule has 0 radical (unpaired) electrons. The van der Waals surface area contributed by atoms with Gasteiger partial charge in [-0.25, -0.2) is 0 Å². The lowest BCUT2D eigenvalue weighted by atomic mass is 10.2. The van der Waals surface area contributed by atoms with Crippen molar-refractivity contribution in [3.8, 4) is 0 Å². The fourth-order valence-corrected chi connectivity index (χ4v) is 1.71. The SMILES string of the molecule is CN=C(C)N(C)c1ccc(NC(=O)c2ccco2)cc1.Cl. The molecule has 0 aliphatic rings. The molecule has 0 saturated carbocycles. The molecule has 6 heteroatoms. The standard InChI is InChI=1S/C15H17N3O2.ClH/c1-11(16-2)18(3)13-8-6-12(7-9-13)17-15(19)14-5-4-10-20-14;/h4-10H,1-3H3,(H,17,19);1H. The third-order valence-corrected chi connectivity index (χ3v) is 3.07. The van der Waals surface area contributed by atoms with Crippen LogP contribution in [-0.4, -0.2) is 25.8 Å². The van der Waals surface area contributed by atoms with Crippen molar-refractivity contribution in [2.75, 3.05) is 24.3 Å². The quantitative estimate of drug-likeness (QED) is 0.698. The summed E-state index contributed by atoms with van der Waals surface area (Å²) in [5, 5.41) is 2.77. The van der Waals surface area contributed by atoms with Gasteiger partial charge >= 0.3 is 0 Å². The minimum Gasteiger partial charge on any atom is -0.459 e. The van der Waals surface area contributed by atoms with E-state index in [-0.39, 0.29) is 18.3 Å². The van der Waals surface area contributed by atoms with E-state index in [0.717, 1.165) is 17.2 Å². The predicted molar refractivity (Wildman–Crippen MR) is 87.8 cm³/mol. The van der Waals surface area contributed by atoms with Crippen LogP contribution in [0.4, 0.5) is 11.4 Å². The molecule has 0 aliphatic carbocycles. The highest BCUT2D eigenvalue weighted by atomic mass is 35.5. The molecule has 1 amide bonds. The van der Waals surface area contributed by atoms with Crippen molar-refractivity contribution in [2.45, 2.75) is 6.92 Å². The van der Waals surface area contributed by atoms with Gasteiger partial charge in [-0.15, -0.1) is 12.4 Å². The number of halogens is 1. The maximum Gasteiger partial charge on any atom is 0.291 e. The second-order valence-corrected chi connectivity index (χ2v) is 4.31. The first-order valence-electron chi connectivity index (χ1n) is 6.24. The molecular weight excluding hydrogens is 290 g/mol. The van der Waals surface area contributed by atoms with Crippen molar-refractivity contribution < 1.29 is 9.21 Å². The second-order valence-electron chi connectivity index (χ2n) is 4.31. The van der Waals surface area contributed by atoms with E-state index < -0.39 is 0 Å². The molecule has 1 aromatic heterocycles. The number of anilines is 2. The third-order valence-electron chi connectivity index (χ3n) is 3.07. The molecule has 1 aromatic carbocycles. The summed E-state index contributed by atoms with van der Waals surface area (Å²) >= 11 is 0. The van der Waals surface area contributed by atoms with Gasteiger partial charge in [0.05, 0.1) is 12.1 Å². The number of benzene rings is 1. The van der Waals surface area contributed by atoms with Crippen LogP contribution in [-0.2, 0) is 0 Å². The fourth-order valence-electron chi connectivity index (χ4n) is 1.71. The summed E-state index contributed by atoms with van der Waals surface area (Å²) in [5.41, 5.74) is 1.72. The molecule has 0 aliphatic heterocycles. The Morgan fingerprint density at radius 2 is 1.90 bits per heavy atom. The molecule has 112 valence electrons.